The van der Waals surface area contributed by atoms with Gasteiger partial charge in [-0.3, -0.25) is 9.78 Å². The van der Waals surface area contributed by atoms with E-state index in [1.54, 1.807) is 19.5 Å². The quantitative estimate of drug-likeness (QED) is 0.551. The van der Waals surface area contributed by atoms with Crippen LogP contribution in [0, 0.1) is 0 Å². The molecule has 2 aromatic carbocycles. The molecule has 0 saturated heterocycles. The number of amides is 1. The molecule has 0 aliphatic heterocycles. The summed E-state index contributed by atoms with van der Waals surface area (Å²) < 4.78 is 7.26. The molecule has 1 atom stereocenters. The molecule has 1 N–H and O–H groups in total. The lowest BCUT2D eigenvalue weighted by atomic mass is 10.0. The second-order valence-corrected chi connectivity index (χ2v) is 6.84. The van der Waals surface area contributed by atoms with Crippen molar-refractivity contribution >= 4 is 16.8 Å². The highest BCUT2D eigenvalue weighted by atomic mass is 16.5. The van der Waals surface area contributed by atoms with Gasteiger partial charge in [0.1, 0.15) is 17.6 Å². The first-order valence-electron chi connectivity index (χ1n) is 9.39. The Kier molecular flexibility index (Phi) is 5.24. The number of carbonyl (C=O) groups excluding carboxylic acids is 1. The van der Waals surface area contributed by atoms with Crippen LogP contribution in [0.15, 0.2) is 73.2 Å². The van der Waals surface area contributed by atoms with Gasteiger partial charge < -0.3 is 14.6 Å². The molecule has 0 aliphatic rings. The Labute approximate surface area is 169 Å². The van der Waals surface area contributed by atoms with Crippen molar-refractivity contribution in [1.29, 1.82) is 0 Å². The molecular formula is C23H22N4O2. The summed E-state index contributed by atoms with van der Waals surface area (Å²) >= 11 is 0. The molecule has 1 unspecified atom stereocenters. The van der Waals surface area contributed by atoms with Crippen LogP contribution in [0.4, 0.5) is 0 Å². The number of carbonyl (C=O) groups is 1. The summed E-state index contributed by atoms with van der Waals surface area (Å²) in [5, 5.41) is 4.16. The number of rotatable bonds is 6. The summed E-state index contributed by atoms with van der Waals surface area (Å²) in [6.45, 7) is 0. The molecule has 1 amide bonds. The van der Waals surface area contributed by atoms with Gasteiger partial charge in [-0.1, -0.05) is 36.4 Å². The van der Waals surface area contributed by atoms with E-state index < -0.39 is 0 Å². The Morgan fingerprint density at radius 1 is 1.10 bits per heavy atom. The third-order valence-corrected chi connectivity index (χ3v) is 4.92. The topological polar surface area (TPSA) is 69.0 Å². The highest BCUT2D eigenvalue weighted by Gasteiger charge is 2.21. The lowest BCUT2D eigenvalue weighted by molar-refractivity contribution is -0.121. The van der Waals surface area contributed by atoms with Crippen molar-refractivity contribution in [2.75, 3.05) is 7.11 Å². The Morgan fingerprint density at radius 2 is 1.93 bits per heavy atom. The third kappa shape index (κ3) is 3.96. The number of hydrogen-bond donors (Lipinski definition) is 1. The van der Waals surface area contributed by atoms with E-state index in [9.17, 15) is 4.79 Å². The first kappa shape index (κ1) is 18.7. The number of nitrogens with zero attached hydrogens (tertiary/aromatic N) is 3. The van der Waals surface area contributed by atoms with Gasteiger partial charge in [-0.05, 0) is 29.3 Å². The highest BCUT2D eigenvalue weighted by molar-refractivity contribution is 5.87. The number of para-hydroxylation sites is 1. The highest BCUT2D eigenvalue weighted by Crippen LogP contribution is 2.25. The predicted molar refractivity (Wildman–Crippen MR) is 112 cm³/mol. The van der Waals surface area contributed by atoms with Crippen LogP contribution in [0.5, 0.6) is 5.75 Å². The van der Waals surface area contributed by atoms with E-state index in [4.69, 9.17) is 4.74 Å². The number of benzene rings is 2. The standard InChI is InChI=1S/C23H22N4O2/c1-27-13-12-25-23(27)22(17-8-4-10-19(14-17)29-2)26-20(28)15-18-7-3-6-16-9-5-11-24-21(16)18/h3-14,22H,15H2,1-2H3,(H,26,28). The van der Waals surface area contributed by atoms with Crippen molar-refractivity contribution in [3.8, 4) is 5.75 Å². The van der Waals surface area contributed by atoms with Crippen molar-refractivity contribution in [3.05, 3.63) is 90.1 Å². The Balaban J connectivity index is 1.63. The smallest absolute Gasteiger partial charge is 0.225 e. The predicted octanol–water partition coefficient (Wildman–Crippen LogP) is 3.43. The summed E-state index contributed by atoms with van der Waals surface area (Å²) in [5.41, 5.74) is 2.65. The van der Waals surface area contributed by atoms with E-state index >= 15 is 0 Å². The summed E-state index contributed by atoms with van der Waals surface area (Å²) in [7, 11) is 3.54. The van der Waals surface area contributed by atoms with Gasteiger partial charge in [-0.15, -0.1) is 0 Å². The zero-order valence-electron chi connectivity index (χ0n) is 16.4. The Hall–Kier alpha value is -3.67. The van der Waals surface area contributed by atoms with Crippen LogP contribution < -0.4 is 10.1 Å². The van der Waals surface area contributed by atoms with E-state index in [0.29, 0.717) is 0 Å². The molecule has 0 bridgehead atoms. The normalized spacial score (nSPS) is 11.9. The van der Waals surface area contributed by atoms with E-state index in [0.717, 1.165) is 33.6 Å². The molecule has 2 heterocycles. The van der Waals surface area contributed by atoms with Crippen LogP contribution in [-0.4, -0.2) is 27.6 Å². The molecule has 6 nitrogen and oxygen atoms in total. The zero-order chi connectivity index (χ0) is 20.2. The lowest BCUT2D eigenvalue weighted by Crippen LogP contribution is -2.32. The molecule has 2 aromatic heterocycles. The van der Waals surface area contributed by atoms with Crippen LogP contribution in [0.3, 0.4) is 0 Å². The number of hydrogen-bond acceptors (Lipinski definition) is 4. The average molecular weight is 386 g/mol. The molecule has 0 fully saturated rings. The van der Waals surface area contributed by atoms with Gasteiger partial charge >= 0.3 is 0 Å². The van der Waals surface area contributed by atoms with Crippen LogP contribution in [0.2, 0.25) is 0 Å². The van der Waals surface area contributed by atoms with Crippen LogP contribution >= 0.6 is 0 Å². The van der Waals surface area contributed by atoms with Crippen molar-refractivity contribution in [3.63, 3.8) is 0 Å². The van der Waals surface area contributed by atoms with Gasteiger partial charge in [0, 0.05) is 31.0 Å². The summed E-state index contributed by atoms with van der Waals surface area (Å²) in [6, 6.07) is 17.1. The monoisotopic (exact) mass is 386 g/mol. The van der Waals surface area contributed by atoms with E-state index in [2.05, 4.69) is 15.3 Å². The summed E-state index contributed by atoms with van der Waals surface area (Å²) in [6.07, 6.45) is 5.57. The summed E-state index contributed by atoms with van der Waals surface area (Å²) in [4.78, 5) is 21.9. The minimum absolute atomic E-state index is 0.0982. The molecule has 0 spiro atoms. The fourth-order valence-corrected chi connectivity index (χ4v) is 3.47. The fourth-order valence-electron chi connectivity index (χ4n) is 3.47. The third-order valence-electron chi connectivity index (χ3n) is 4.92. The number of fused-ring (bicyclic) bond motifs is 1. The SMILES string of the molecule is COc1cccc(C(NC(=O)Cc2cccc3cccnc23)c2nccn2C)c1. The van der Waals surface area contributed by atoms with Gasteiger partial charge in [-0.25, -0.2) is 4.98 Å². The van der Waals surface area contributed by atoms with Crippen LogP contribution in [0.25, 0.3) is 10.9 Å². The molecule has 6 heteroatoms. The maximum atomic E-state index is 13.0. The van der Waals surface area contributed by atoms with E-state index in [-0.39, 0.29) is 18.4 Å². The average Bonchev–Trinajstić information content (AvgIpc) is 3.18. The van der Waals surface area contributed by atoms with Crippen LogP contribution in [0.1, 0.15) is 23.0 Å². The first-order valence-corrected chi connectivity index (χ1v) is 9.39. The van der Waals surface area contributed by atoms with Gasteiger partial charge in [0.25, 0.3) is 0 Å². The number of ether oxygens (including phenoxy) is 1. The van der Waals surface area contributed by atoms with Crippen molar-refractivity contribution < 1.29 is 9.53 Å². The Bertz CT molecular complexity index is 1150. The maximum absolute atomic E-state index is 13.0. The van der Waals surface area contributed by atoms with Gasteiger partial charge in [0.2, 0.25) is 5.91 Å². The molecule has 0 radical (unpaired) electrons. The number of aryl methyl sites for hydroxylation is 1. The molecule has 4 rings (SSSR count). The molecular weight excluding hydrogens is 364 g/mol. The summed E-state index contributed by atoms with van der Waals surface area (Å²) in [5.74, 6) is 1.39. The molecule has 0 aliphatic carbocycles. The van der Waals surface area contributed by atoms with Crippen molar-refractivity contribution in [2.45, 2.75) is 12.5 Å². The number of imidazole rings is 1. The second-order valence-electron chi connectivity index (χ2n) is 6.84. The number of pyridine rings is 1. The minimum Gasteiger partial charge on any atom is -0.497 e. The minimum atomic E-state index is -0.388. The number of aromatic nitrogens is 3. The zero-order valence-corrected chi connectivity index (χ0v) is 16.4. The van der Waals surface area contributed by atoms with Crippen LogP contribution in [-0.2, 0) is 18.3 Å². The largest absolute Gasteiger partial charge is 0.497 e. The van der Waals surface area contributed by atoms with Crippen molar-refractivity contribution in [2.24, 2.45) is 7.05 Å². The second kappa shape index (κ2) is 8.14. The van der Waals surface area contributed by atoms with Gasteiger partial charge in [0.15, 0.2) is 0 Å². The maximum Gasteiger partial charge on any atom is 0.225 e. The van der Waals surface area contributed by atoms with E-state index in [1.807, 2.05) is 72.4 Å². The number of nitrogens with one attached hydrogen (secondary N) is 1. The van der Waals surface area contributed by atoms with E-state index in [1.165, 1.54) is 0 Å². The first-order chi connectivity index (χ1) is 14.2. The molecule has 29 heavy (non-hydrogen) atoms. The molecule has 146 valence electrons. The molecule has 4 aromatic rings. The number of methoxy groups -OCH3 is 1. The Morgan fingerprint density at radius 3 is 2.72 bits per heavy atom. The van der Waals surface area contributed by atoms with Gasteiger partial charge in [0.05, 0.1) is 19.0 Å². The lowest BCUT2D eigenvalue weighted by Gasteiger charge is -2.20. The van der Waals surface area contributed by atoms with Gasteiger partial charge in [-0.2, -0.15) is 0 Å². The molecule has 0 saturated carbocycles. The van der Waals surface area contributed by atoms with Crippen molar-refractivity contribution in [1.82, 2.24) is 19.9 Å². The fraction of sp³-hybridized carbons (Fsp3) is 0.174.